The first-order valence-corrected chi connectivity index (χ1v) is 6.07. The zero-order chi connectivity index (χ0) is 10.5. The van der Waals surface area contributed by atoms with Crippen LogP contribution in [0.3, 0.4) is 0 Å². The molecule has 0 heterocycles. The van der Waals surface area contributed by atoms with Gasteiger partial charge >= 0.3 is 0 Å². The molecule has 1 radical (unpaired) electrons. The van der Waals surface area contributed by atoms with Gasteiger partial charge in [-0.25, -0.2) is 0 Å². The molecule has 0 aliphatic carbocycles. The summed E-state index contributed by atoms with van der Waals surface area (Å²) < 4.78 is 0. The van der Waals surface area contributed by atoms with Crippen LogP contribution in [0.2, 0.25) is 0 Å². The Bertz CT molecular complexity index is 403. The SMILES string of the molecule is [CH2]SCc1ccc(-c2ccccc2)cc1. The van der Waals surface area contributed by atoms with Crippen LogP contribution in [0.25, 0.3) is 11.1 Å². The van der Waals surface area contributed by atoms with Crippen molar-refractivity contribution < 1.29 is 0 Å². The van der Waals surface area contributed by atoms with Gasteiger partial charge in [-0.1, -0.05) is 54.6 Å². The van der Waals surface area contributed by atoms with Crippen LogP contribution in [-0.4, -0.2) is 0 Å². The zero-order valence-electron chi connectivity index (χ0n) is 8.52. The Hall–Kier alpha value is -1.21. The van der Waals surface area contributed by atoms with Gasteiger partial charge < -0.3 is 0 Å². The average molecular weight is 213 g/mol. The fourth-order valence-corrected chi connectivity index (χ4v) is 1.97. The number of hydrogen-bond donors (Lipinski definition) is 0. The van der Waals surface area contributed by atoms with Crippen molar-refractivity contribution in [3.63, 3.8) is 0 Å². The molecule has 0 nitrogen and oxygen atoms in total. The summed E-state index contributed by atoms with van der Waals surface area (Å²) in [7, 11) is 0. The summed E-state index contributed by atoms with van der Waals surface area (Å²) in [6.07, 6.45) is 3.78. The minimum Gasteiger partial charge on any atom is -0.156 e. The van der Waals surface area contributed by atoms with E-state index in [-0.39, 0.29) is 0 Å². The molecule has 0 N–H and O–H groups in total. The third kappa shape index (κ3) is 2.63. The maximum atomic E-state index is 3.78. The molecule has 0 fully saturated rings. The largest absolute Gasteiger partial charge is 0.156 e. The topological polar surface area (TPSA) is 0 Å². The highest BCUT2D eigenvalue weighted by Crippen LogP contribution is 2.20. The van der Waals surface area contributed by atoms with Crippen molar-refractivity contribution in [2.45, 2.75) is 5.75 Å². The molecule has 0 atom stereocenters. The smallest absolute Gasteiger partial charge is 0.0184 e. The van der Waals surface area contributed by atoms with Crippen LogP contribution in [0, 0.1) is 6.26 Å². The second-order valence-corrected chi connectivity index (χ2v) is 4.11. The van der Waals surface area contributed by atoms with Crippen LogP contribution in [0.5, 0.6) is 0 Å². The van der Waals surface area contributed by atoms with Crippen molar-refractivity contribution in [1.29, 1.82) is 0 Å². The van der Waals surface area contributed by atoms with Crippen LogP contribution in [-0.2, 0) is 5.75 Å². The van der Waals surface area contributed by atoms with E-state index in [9.17, 15) is 0 Å². The molecule has 0 amide bonds. The van der Waals surface area contributed by atoms with Crippen LogP contribution in [0.15, 0.2) is 54.6 Å². The summed E-state index contributed by atoms with van der Waals surface area (Å²) in [5, 5.41) is 0. The minimum atomic E-state index is 0.981. The van der Waals surface area contributed by atoms with Gasteiger partial charge in [0.2, 0.25) is 0 Å². The van der Waals surface area contributed by atoms with Crippen molar-refractivity contribution in [2.75, 3.05) is 0 Å². The van der Waals surface area contributed by atoms with E-state index in [2.05, 4.69) is 54.8 Å². The second kappa shape index (κ2) is 5.04. The van der Waals surface area contributed by atoms with Crippen LogP contribution >= 0.6 is 11.8 Å². The van der Waals surface area contributed by atoms with Gasteiger partial charge in [-0.05, 0) is 16.7 Å². The zero-order valence-corrected chi connectivity index (χ0v) is 9.34. The van der Waals surface area contributed by atoms with Crippen LogP contribution in [0.4, 0.5) is 0 Å². The van der Waals surface area contributed by atoms with Crippen molar-refractivity contribution in [2.24, 2.45) is 0 Å². The molecule has 0 saturated heterocycles. The highest BCUT2D eigenvalue weighted by Gasteiger charge is 1.96. The molecule has 2 aromatic carbocycles. The molecular weight excluding hydrogens is 200 g/mol. The normalized spacial score (nSPS) is 10.2. The fraction of sp³-hybridized carbons (Fsp3) is 0.0714. The van der Waals surface area contributed by atoms with Crippen molar-refractivity contribution >= 4 is 11.8 Å². The lowest BCUT2D eigenvalue weighted by molar-refractivity contribution is 1.42. The molecule has 0 saturated carbocycles. The lowest BCUT2D eigenvalue weighted by atomic mass is 10.0. The summed E-state index contributed by atoms with van der Waals surface area (Å²) >= 11 is 1.61. The molecule has 0 spiro atoms. The van der Waals surface area contributed by atoms with Gasteiger partial charge in [-0.15, -0.1) is 0 Å². The maximum absolute atomic E-state index is 3.78. The first-order chi connectivity index (χ1) is 7.40. The standard InChI is InChI=1S/C14H13S/c1-15-11-12-7-9-14(10-8-12)13-5-3-2-4-6-13/h2-10H,1,11H2. The van der Waals surface area contributed by atoms with Crippen molar-refractivity contribution in [3.8, 4) is 11.1 Å². The van der Waals surface area contributed by atoms with E-state index in [4.69, 9.17) is 0 Å². The van der Waals surface area contributed by atoms with Gasteiger partial charge in [0.25, 0.3) is 0 Å². The van der Waals surface area contributed by atoms with Gasteiger partial charge in [-0.3, -0.25) is 0 Å². The minimum absolute atomic E-state index is 0.981. The third-order valence-electron chi connectivity index (χ3n) is 2.33. The molecule has 0 aromatic heterocycles. The molecule has 15 heavy (non-hydrogen) atoms. The predicted octanol–water partition coefficient (Wildman–Crippen LogP) is 4.38. The number of benzene rings is 2. The summed E-state index contributed by atoms with van der Waals surface area (Å²) in [5.41, 5.74) is 3.87. The Morgan fingerprint density at radius 3 is 2.00 bits per heavy atom. The van der Waals surface area contributed by atoms with Crippen molar-refractivity contribution in [1.82, 2.24) is 0 Å². The van der Waals surface area contributed by atoms with Gasteiger partial charge in [0.15, 0.2) is 0 Å². The summed E-state index contributed by atoms with van der Waals surface area (Å²) in [5.74, 6) is 0.981. The van der Waals surface area contributed by atoms with E-state index in [0.717, 1.165) is 5.75 Å². The quantitative estimate of drug-likeness (QED) is 0.729. The number of rotatable bonds is 3. The van der Waals surface area contributed by atoms with Gasteiger partial charge in [0.05, 0.1) is 0 Å². The van der Waals surface area contributed by atoms with Gasteiger partial charge in [0.1, 0.15) is 0 Å². The van der Waals surface area contributed by atoms with Gasteiger partial charge in [0, 0.05) is 12.0 Å². The summed E-state index contributed by atoms with van der Waals surface area (Å²) in [6, 6.07) is 19.1. The van der Waals surface area contributed by atoms with E-state index < -0.39 is 0 Å². The molecule has 0 aliphatic rings. The van der Waals surface area contributed by atoms with E-state index in [1.165, 1.54) is 16.7 Å². The maximum Gasteiger partial charge on any atom is 0.0184 e. The lowest BCUT2D eigenvalue weighted by Gasteiger charge is -2.03. The molecule has 2 aromatic rings. The first-order valence-electron chi connectivity index (χ1n) is 4.91. The fourth-order valence-electron chi connectivity index (χ4n) is 1.54. The Morgan fingerprint density at radius 1 is 0.800 bits per heavy atom. The molecular formula is C14H13S. The van der Waals surface area contributed by atoms with E-state index in [0.29, 0.717) is 0 Å². The summed E-state index contributed by atoms with van der Waals surface area (Å²) in [4.78, 5) is 0. The number of thioether (sulfide) groups is 1. The van der Waals surface area contributed by atoms with Crippen molar-refractivity contribution in [3.05, 3.63) is 66.4 Å². The first kappa shape index (κ1) is 10.3. The Kier molecular flexibility index (Phi) is 3.46. The molecule has 0 unspecified atom stereocenters. The van der Waals surface area contributed by atoms with Crippen LogP contribution in [0.1, 0.15) is 5.56 Å². The van der Waals surface area contributed by atoms with Crippen LogP contribution < -0.4 is 0 Å². The van der Waals surface area contributed by atoms with E-state index >= 15 is 0 Å². The Labute approximate surface area is 95.3 Å². The molecule has 1 heteroatoms. The van der Waals surface area contributed by atoms with Gasteiger partial charge in [-0.2, -0.15) is 11.8 Å². The third-order valence-corrected chi connectivity index (χ3v) is 2.87. The predicted molar refractivity (Wildman–Crippen MR) is 68.5 cm³/mol. The highest BCUT2D eigenvalue weighted by atomic mass is 32.2. The molecule has 2 rings (SSSR count). The molecule has 75 valence electrons. The highest BCUT2D eigenvalue weighted by molar-refractivity contribution is 7.99. The van der Waals surface area contributed by atoms with E-state index in [1.807, 2.05) is 6.07 Å². The lowest BCUT2D eigenvalue weighted by Crippen LogP contribution is -1.80. The Balaban J connectivity index is 2.24. The molecule has 0 aliphatic heterocycles. The van der Waals surface area contributed by atoms with E-state index in [1.54, 1.807) is 11.8 Å². The number of hydrogen-bond acceptors (Lipinski definition) is 1. The Morgan fingerprint density at radius 2 is 1.40 bits per heavy atom. The monoisotopic (exact) mass is 213 g/mol. The average Bonchev–Trinajstić information content (AvgIpc) is 2.32. The molecule has 0 bridgehead atoms. The summed E-state index contributed by atoms with van der Waals surface area (Å²) in [6.45, 7) is 0. The second-order valence-electron chi connectivity index (χ2n) is 3.41.